The molecule has 0 saturated carbocycles. The molecule has 1 unspecified atom stereocenters. The molecule has 0 fully saturated rings. The second kappa shape index (κ2) is 7.38. The van der Waals surface area contributed by atoms with Gasteiger partial charge in [-0.1, -0.05) is 37.6 Å². The molecule has 6 nitrogen and oxygen atoms in total. The SMILES string of the molecule is CCCC1=C(C(=O)OCC)C(c2cccc(O)c2)n2c(nc3ccccc32)N1. The van der Waals surface area contributed by atoms with E-state index in [1.165, 1.54) is 0 Å². The van der Waals surface area contributed by atoms with Crippen LogP contribution in [0, 0.1) is 0 Å². The van der Waals surface area contributed by atoms with E-state index in [9.17, 15) is 9.90 Å². The van der Waals surface area contributed by atoms with Gasteiger partial charge in [0.2, 0.25) is 5.95 Å². The molecule has 28 heavy (non-hydrogen) atoms. The van der Waals surface area contributed by atoms with Gasteiger partial charge in [0.15, 0.2) is 0 Å². The Bertz CT molecular complexity index is 1070. The molecule has 1 aromatic heterocycles. The number of anilines is 1. The summed E-state index contributed by atoms with van der Waals surface area (Å²) in [7, 11) is 0. The number of para-hydroxylation sites is 2. The first-order valence-electron chi connectivity index (χ1n) is 9.57. The van der Waals surface area contributed by atoms with Crippen LogP contribution >= 0.6 is 0 Å². The Morgan fingerprint density at radius 1 is 1.21 bits per heavy atom. The van der Waals surface area contributed by atoms with E-state index in [4.69, 9.17) is 9.72 Å². The maximum Gasteiger partial charge on any atom is 0.338 e. The number of phenols is 1. The van der Waals surface area contributed by atoms with Crippen molar-refractivity contribution in [2.75, 3.05) is 11.9 Å². The highest BCUT2D eigenvalue weighted by Gasteiger charge is 2.35. The number of nitrogens with one attached hydrogen (secondary N) is 1. The average Bonchev–Trinajstić information content (AvgIpc) is 3.05. The average molecular weight is 377 g/mol. The third-order valence-electron chi connectivity index (χ3n) is 4.90. The summed E-state index contributed by atoms with van der Waals surface area (Å²) >= 11 is 0. The monoisotopic (exact) mass is 377 g/mol. The third kappa shape index (κ3) is 3.01. The predicted octanol–water partition coefficient (Wildman–Crippen LogP) is 4.37. The van der Waals surface area contributed by atoms with E-state index in [1.54, 1.807) is 25.1 Å². The lowest BCUT2D eigenvalue weighted by Gasteiger charge is -2.31. The minimum absolute atomic E-state index is 0.155. The zero-order valence-electron chi connectivity index (χ0n) is 16.0. The van der Waals surface area contributed by atoms with Crippen molar-refractivity contribution in [1.29, 1.82) is 0 Å². The fraction of sp³-hybridized carbons (Fsp3) is 0.273. The Balaban J connectivity index is 2.00. The summed E-state index contributed by atoms with van der Waals surface area (Å²) in [6.07, 6.45) is 1.57. The number of rotatable bonds is 5. The summed E-state index contributed by atoms with van der Waals surface area (Å²) in [6.45, 7) is 4.17. The number of carbonyl (C=O) groups excluding carboxylic acids is 1. The standard InChI is InChI=1S/C22H23N3O3/c1-3-8-17-19(21(27)28-4-2)20(14-9-7-10-15(26)13-14)25-18-12-6-5-11-16(18)23-22(25)24-17/h5-7,9-13,20,26H,3-4,8H2,1-2H3,(H,23,24). The Morgan fingerprint density at radius 2 is 2.04 bits per heavy atom. The maximum absolute atomic E-state index is 13.0. The van der Waals surface area contributed by atoms with Gasteiger partial charge in [-0.3, -0.25) is 4.57 Å². The number of fused-ring (bicyclic) bond motifs is 3. The number of hydrogen-bond acceptors (Lipinski definition) is 5. The first kappa shape index (κ1) is 18.1. The number of carbonyl (C=O) groups is 1. The van der Waals surface area contributed by atoms with Gasteiger partial charge in [0.1, 0.15) is 5.75 Å². The molecule has 2 heterocycles. The molecule has 3 aromatic rings. The number of imidazole rings is 1. The van der Waals surface area contributed by atoms with Crippen LogP contribution in [0.4, 0.5) is 5.95 Å². The number of aromatic nitrogens is 2. The number of benzene rings is 2. The van der Waals surface area contributed by atoms with Crippen LogP contribution in [0.5, 0.6) is 5.75 Å². The van der Waals surface area contributed by atoms with Gasteiger partial charge in [-0.2, -0.15) is 0 Å². The van der Waals surface area contributed by atoms with Crippen LogP contribution in [0.3, 0.4) is 0 Å². The van der Waals surface area contributed by atoms with Gasteiger partial charge in [-0.05, 0) is 43.2 Å². The Morgan fingerprint density at radius 3 is 2.79 bits per heavy atom. The van der Waals surface area contributed by atoms with Gasteiger partial charge in [-0.15, -0.1) is 0 Å². The normalized spacial score (nSPS) is 16.0. The number of hydrogen-bond donors (Lipinski definition) is 2. The van der Waals surface area contributed by atoms with E-state index in [0.717, 1.165) is 28.7 Å². The van der Waals surface area contributed by atoms with Crippen LogP contribution in [0.2, 0.25) is 0 Å². The molecule has 0 aliphatic carbocycles. The van der Waals surface area contributed by atoms with Gasteiger partial charge < -0.3 is 15.2 Å². The van der Waals surface area contributed by atoms with Crippen LogP contribution in [0.25, 0.3) is 11.0 Å². The van der Waals surface area contributed by atoms with Crippen molar-refractivity contribution in [3.05, 3.63) is 65.4 Å². The molecule has 2 N–H and O–H groups in total. The van der Waals surface area contributed by atoms with Crippen molar-refractivity contribution in [1.82, 2.24) is 9.55 Å². The lowest BCUT2D eigenvalue weighted by atomic mass is 9.93. The Kier molecular flexibility index (Phi) is 4.77. The second-order valence-electron chi connectivity index (χ2n) is 6.78. The van der Waals surface area contributed by atoms with Gasteiger partial charge in [0.05, 0.1) is 29.3 Å². The highest BCUT2D eigenvalue weighted by atomic mass is 16.5. The van der Waals surface area contributed by atoms with E-state index in [1.807, 2.05) is 34.9 Å². The molecule has 0 radical (unpaired) electrons. The second-order valence-corrected chi connectivity index (χ2v) is 6.78. The summed E-state index contributed by atoms with van der Waals surface area (Å²) in [5, 5.41) is 13.4. The lowest BCUT2D eigenvalue weighted by molar-refractivity contribution is -0.139. The molecule has 1 aliphatic rings. The fourth-order valence-corrected chi connectivity index (χ4v) is 3.79. The van der Waals surface area contributed by atoms with Crippen molar-refractivity contribution in [3.8, 4) is 5.75 Å². The number of esters is 1. The summed E-state index contributed by atoms with van der Waals surface area (Å²) in [5.41, 5.74) is 3.94. The maximum atomic E-state index is 13.0. The van der Waals surface area contributed by atoms with Gasteiger partial charge in [0, 0.05) is 5.70 Å². The molecule has 1 atom stereocenters. The Hall–Kier alpha value is -3.28. The van der Waals surface area contributed by atoms with Crippen molar-refractivity contribution in [2.45, 2.75) is 32.7 Å². The first-order chi connectivity index (χ1) is 13.6. The van der Waals surface area contributed by atoms with Crippen LogP contribution < -0.4 is 5.32 Å². The smallest absolute Gasteiger partial charge is 0.338 e. The number of nitrogens with zero attached hydrogens (tertiary/aromatic N) is 2. The number of ether oxygens (including phenoxy) is 1. The molecule has 0 spiro atoms. The third-order valence-corrected chi connectivity index (χ3v) is 4.90. The zero-order valence-corrected chi connectivity index (χ0v) is 16.0. The molecular weight excluding hydrogens is 354 g/mol. The van der Waals surface area contributed by atoms with Crippen LogP contribution in [-0.4, -0.2) is 27.2 Å². The summed E-state index contributed by atoms with van der Waals surface area (Å²) in [5.74, 6) is 0.489. The van der Waals surface area contributed by atoms with E-state index in [2.05, 4.69) is 12.2 Å². The van der Waals surface area contributed by atoms with Crippen molar-refractivity contribution >= 4 is 23.0 Å². The molecule has 0 saturated heterocycles. The van der Waals surface area contributed by atoms with Gasteiger partial charge >= 0.3 is 5.97 Å². The van der Waals surface area contributed by atoms with Crippen LogP contribution in [0.15, 0.2) is 59.8 Å². The minimum Gasteiger partial charge on any atom is -0.508 e. The summed E-state index contributed by atoms with van der Waals surface area (Å²) < 4.78 is 7.42. The van der Waals surface area contributed by atoms with E-state index in [0.29, 0.717) is 24.5 Å². The van der Waals surface area contributed by atoms with Crippen molar-refractivity contribution in [2.24, 2.45) is 0 Å². The van der Waals surface area contributed by atoms with E-state index in [-0.39, 0.29) is 11.7 Å². The highest BCUT2D eigenvalue weighted by Crippen LogP contribution is 2.41. The zero-order chi connectivity index (χ0) is 19.7. The first-order valence-corrected chi connectivity index (χ1v) is 9.57. The van der Waals surface area contributed by atoms with Crippen molar-refractivity contribution in [3.63, 3.8) is 0 Å². The number of phenolic OH excluding ortho intramolecular Hbond substituents is 1. The Labute approximate surface area is 163 Å². The van der Waals surface area contributed by atoms with Crippen LogP contribution in [0.1, 0.15) is 38.3 Å². The van der Waals surface area contributed by atoms with Crippen molar-refractivity contribution < 1.29 is 14.6 Å². The van der Waals surface area contributed by atoms with E-state index < -0.39 is 6.04 Å². The quantitative estimate of drug-likeness (QED) is 0.646. The fourth-order valence-electron chi connectivity index (χ4n) is 3.79. The molecule has 6 heteroatoms. The molecule has 0 bridgehead atoms. The predicted molar refractivity (Wildman–Crippen MR) is 108 cm³/mol. The lowest BCUT2D eigenvalue weighted by Crippen LogP contribution is -2.29. The van der Waals surface area contributed by atoms with Gasteiger partial charge in [-0.25, -0.2) is 9.78 Å². The molecule has 1 aliphatic heterocycles. The molecule has 0 amide bonds. The molecule has 144 valence electrons. The summed E-state index contributed by atoms with van der Waals surface area (Å²) in [4.78, 5) is 17.7. The number of allylic oxidation sites excluding steroid dienone is 1. The van der Waals surface area contributed by atoms with Crippen LogP contribution in [-0.2, 0) is 9.53 Å². The van der Waals surface area contributed by atoms with Gasteiger partial charge in [0.25, 0.3) is 0 Å². The molecular formula is C22H23N3O3. The highest BCUT2D eigenvalue weighted by molar-refractivity contribution is 5.94. The van der Waals surface area contributed by atoms with E-state index >= 15 is 0 Å². The topological polar surface area (TPSA) is 76.4 Å². The molecule has 2 aromatic carbocycles. The number of aromatic hydroxyl groups is 1. The summed E-state index contributed by atoms with van der Waals surface area (Å²) in [6, 6.07) is 14.4. The minimum atomic E-state index is -0.434. The largest absolute Gasteiger partial charge is 0.508 e. The molecule has 4 rings (SSSR count).